The topological polar surface area (TPSA) is 94.9 Å². The Morgan fingerprint density at radius 3 is 2.94 bits per heavy atom. The summed E-state index contributed by atoms with van der Waals surface area (Å²) in [5.74, 6) is -0.0997. The zero-order valence-corrected chi connectivity index (χ0v) is 9.85. The largest absolute Gasteiger partial charge is 0.410 e. The van der Waals surface area contributed by atoms with Gasteiger partial charge in [-0.3, -0.25) is 9.78 Å². The van der Waals surface area contributed by atoms with Gasteiger partial charge in [0.15, 0.2) is 0 Å². The standard InChI is InChI=1S/C10H10N4O2S/c1-6(8(11)15)17-10-14-13-9(16-10)7-4-2-3-5-12-7/h2-6H,1H3,(H2,11,15)/t6-/m0/s1. The highest BCUT2D eigenvalue weighted by Crippen LogP contribution is 2.24. The Bertz CT molecular complexity index is 514. The number of pyridine rings is 1. The van der Waals surface area contributed by atoms with Gasteiger partial charge in [0.25, 0.3) is 11.1 Å². The highest BCUT2D eigenvalue weighted by Gasteiger charge is 2.16. The number of nitrogens with two attached hydrogens (primary N) is 1. The second kappa shape index (κ2) is 4.96. The van der Waals surface area contributed by atoms with Crippen LogP contribution in [0.3, 0.4) is 0 Å². The number of thioether (sulfide) groups is 1. The average Bonchev–Trinajstić information content (AvgIpc) is 2.78. The van der Waals surface area contributed by atoms with Crippen molar-refractivity contribution in [3.8, 4) is 11.6 Å². The predicted octanol–water partition coefficient (Wildman–Crippen LogP) is 1.10. The summed E-state index contributed by atoms with van der Waals surface area (Å²) in [6.45, 7) is 1.68. The van der Waals surface area contributed by atoms with Gasteiger partial charge in [-0.2, -0.15) is 0 Å². The van der Waals surface area contributed by atoms with Crippen molar-refractivity contribution in [3.63, 3.8) is 0 Å². The van der Waals surface area contributed by atoms with Crippen molar-refractivity contribution in [2.24, 2.45) is 5.73 Å². The average molecular weight is 250 g/mol. The van der Waals surface area contributed by atoms with E-state index in [0.29, 0.717) is 16.8 Å². The van der Waals surface area contributed by atoms with Crippen molar-refractivity contribution >= 4 is 17.7 Å². The molecular formula is C10H10N4O2S. The fourth-order valence-electron chi connectivity index (χ4n) is 1.06. The Morgan fingerprint density at radius 1 is 1.47 bits per heavy atom. The van der Waals surface area contributed by atoms with Crippen LogP contribution in [0.4, 0.5) is 0 Å². The second-order valence-electron chi connectivity index (χ2n) is 3.25. The molecule has 2 aromatic heterocycles. The van der Waals surface area contributed by atoms with Crippen molar-refractivity contribution in [2.75, 3.05) is 0 Å². The summed E-state index contributed by atoms with van der Waals surface area (Å²) >= 11 is 1.12. The van der Waals surface area contributed by atoms with Gasteiger partial charge < -0.3 is 10.2 Å². The molecule has 88 valence electrons. The highest BCUT2D eigenvalue weighted by molar-refractivity contribution is 8.00. The van der Waals surface area contributed by atoms with E-state index in [0.717, 1.165) is 11.8 Å². The van der Waals surface area contributed by atoms with Gasteiger partial charge in [0.05, 0.1) is 5.25 Å². The first-order chi connectivity index (χ1) is 8.16. The molecule has 2 N–H and O–H groups in total. The highest BCUT2D eigenvalue weighted by atomic mass is 32.2. The SMILES string of the molecule is C[C@H](Sc1nnc(-c2ccccn2)o1)C(N)=O. The maximum atomic E-state index is 10.9. The molecule has 0 aliphatic rings. The van der Waals surface area contributed by atoms with Crippen LogP contribution in [0.25, 0.3) is 11.6 Å². The predicted molar refractivity (Wildman–Crippen MR) is 62.0 cm³/mol. The van der Waals surface area contributed by atoms with Crippen molar-refractivity contribution in [1.29, 1.82) is 0 Å². The minimum Gasteiger partial charge on any atom is -0.410 e. The summed E-state index contributed by atoms with van der Waals surface area (Å²) in [7, 11) is 0. The minimum atomic E-state index is -0.424. The Kier molecular flexibility index (Phi) is 3.38. The smallest absolute Gasteiger partial charge is 0.277 e. The van der Waals surface area contributed by atoms with E-state index in [1.807, 2.05) is 6.07 Å². The van der Waals surface area contributed by atoms with Gasteiger partial charge in [0, 0.05) is 6.20 Å². The molecular weight excluding hydrogens is 240 g/mol. The van der Waals surface area contributed by atoms with Gasteiger partial charge in [0.2, 0.25) is 5.91 Å². The summed E-state index contributed by atoms with van der Waals surface area (Å²) in [5.41, 5.74) is 5.74. The monoisotopic (exact) mass is 250 g/mol. The lowest BCUT2D eigenvalue weighted by Crippen LogP contribution is -2.22. The number of carbonyl (C=O) groups excluding carboxylic acids is 1. The van der Waals surface area contributed by atoms with Gasteiger partial charge in [-0.1, -0.05) is 17.8 Å². The van der Waals surface area contributed by atoms with Gasteiger partial charge >= 0.3 is 0 Å². The maximum Gasteiger partial charge on any atom is 0.277 e. The van der Waals surface area contributed by atoms with Crippen LogP contribution in [-0.4, -0.2) is 26.3 Å². The Labute approximate surface area is 102 Å². The summed E-state index contributed by atoms with van der Waals surface area (Å²) in [4.78, 5) is 15.0. The van der Waals surface area contributed by atoms with E-state index in [1.165, 1.54) is 0 Å². The van der Waals surface area contributed by atoms with Gasteiger partial charge in [0.1, 0.15) is 5.69 Å². The molecule has 0 saturated heterocycles. The van der Waals surface area contributed by atoms with E-state index in [4.69, 9.17) is 10.2 Å². The fraction of sp³-hybridized carbons (Fsp3) is 0.200. The number of amides is 1. The van der Waals surface area contributed by atoms with Crippen molar-refractivity contribution in [3.05, 3.63) is 24.4 Å². The summed E-state index contributed by atoms with van der Waals surface area (Å²) in [5, 5.41) is 7.55. The van der Waals surface area contributed by atoms with E-state index in [1.54, 1.807) is 25.3 Å². The maximum absolute atomic E-state index is 10.9. The van der Waals surface area contributed by atoms with Gasteiger partial charge in [-0.25, -0.2) is 0 Å². The number of carbonyl (C=O) groups is 1. The third-order valence-electron chi connectivity index (χ3n) is 1.97. The Morgan fingerprint density at radius 2 is 2.29 bits per heavy atom. The zero-order chi connectivity index (χ0) is 12.3. The van der Waals surface area contributed by atoms with E-state index < -0.39 is 11.2 Å². The molecule has 1 amide bonds. The number of primary amides is 1. The third-order valence-corrected chi connectivity index (χ3v) is 2.92. The van der Waals surface area contributed by atoms with E-state index in [2.05, 4.69) is 15.2 Å². The third kappa shape index (κ3) is 2.82. The molecule has 2 heterocycles. The van der Waals surface area contributed by atoms with Gasteiger partial charge in [-0.15, -0.1) is 10.2 Å². The molecule has 0 aliphatic carbocycles. The summed E-state index contributed by atoms with van der Waals surface area (Å²) < 4.78 is 5.36. The first-order valence-corrected chi connectivity index (χ1v) is 5.75. The Hall–Kier alpha value is -1.89. The molecule has 2 rings (SSSR count). The Balaban J connectivity index is 2.14. The van der Waals surface area contributed by atoms with Crippen LogP contribution in [0.1, 0.15) is 6.92 Å². The molecule has 7 heteroatoms. The van der Waals surface area contributed by atoms with Crippen molar-refractivity contribution in [1.82, 2.24) is 15.2 Å². The number of hydrogen-bond acceptors (Lipinski definition) is 6. The van der Waals surface area contributed by atoms with Crippen LogP contribution >= 0.6 is 11.8 Å². The van der Waals surface area contributed by atoms with Crippen LogP contribution in [0.2, 0.25) is 0 Å². The molecule has 0 aliphatic heterocycles. The van der Waals surface area contributed by atoms with Crippen molar-refractivity contribution in [2.45, 2.75) is 17.4 Å². The number of nitrogens with zero attached hydrogens (tertiary/aromatic N) is 3. The molecule has 0 fully saturated rings. The second-order valence-corrected chi connectivity index (χ2v) is 4.54. The quantitative estimate of drug-likeness (QED) is 0.816. The lowest BCUT2D eigenvalue weighted by Gasteiger charge is -2.00. The lowest BCUT2D eigenvalue weighted by molar-refractivity contribution is -0.117. The molecule has 17 heavy (non-hydrogen) atoms. The zero-order valence-electron chi connectivity index (χ0n) is 9.03. The molecule has 0 aromatic carbocycles. The van der Waals surface area contributed by atoms with Crippen LogP contribution in [0.5, 0.6) is 0 Å². The fourth-order valence-corrected chi connectivity index (χ4v) is 1.69. The van der Waals surface area contributed by atoms with Crippen LogP contribution in [0.15, 0.2) is 34.0 Å². The number of rotatable bonds is 4. The van der Waals surface area contributed by atoms with Crippen LogP contribution < -0.4 is 5.73 Å². The molecule has 0 saturated carbocycles. The van der Waals surface area contributed by atoms with Crippen molar-refractivity contribution < 1.29 is 9.21 Å². The van der Waals surface area contributed by atoms with Crippen LogP contribution in [-0.2, 0) is 4.79 Å². The molecule has 0 radical (unpaired) electrons. The molecule has 6 nitrogen and oxygen atoms in total. The first-order valence-electron chi connectivity index (χ1n) is 4.87. The minimum absolute atomic E-state index is 0.303. The van der Waals surface area contributed by atoms with Gasteiger partial charge in [-0.05, 0) is 19.1 Å². The lowest BCUT2D eigenvalue weighted by atomic mass is 10.3. The summed E-state index contributed by atoms with van der Waals surface area (Å²) in [6, 6.07) is 5.38. The number of hydrogen-bond donors (Lipinski definition) is 1. The molecule has 0 bridgehead atoms. The van der Waals surface area contributed by atoms with Crippen LogP contribution in [0, 0.1) is 0 Å². The molecule has 2 aromatic rings. The molecule has 1 atom stereocenters. The summed E-state index contributed by atoms with van der Waals surface area (Å²) in [6.07, 6.45) is 1.64. The van der Waals surface area contributed by atoms with E-state index in [-0.39, 0.29) is 0 Å². The molecule has 0 unspecified atom stereocenters. The van der Waals surface area contributed by atoms with E-state index >= 15 is 0 Å². The first kappa shape index (κ1) is 11.6. The number of aromatic nitrogens is 3. The molecule has 0 spiro atoms. The van der Waals surface area contributed by atoms with E-state index in [9.17, 15) is 4.79 Å². The normalized spacial score (nSPS) is 12.3.